The predicted octanol–water partition coefficient (Wildman–Crippen LogP) is 2.71. The Morgan fingerprint density at radius 3 is 2.58 bits per heavy atom. The van der Waals surface area contributed by atoms with Gasteiger partial charge in [-0.25, -0.2) is 8.42 Å². The fourth-order valence-electron chi connectivity index (χ4n) is 2.09. The van der Waals surface area contributed by atoms with Crippen molar-refractivity contribution in [1.82, 2.24) is 4.90 Å². The second-order valence-corrected chi connectivity index (χ2v) is 8.92. The van der Waals surface area contributed by atoms with Crippen LogP contribution < -0.4 is 0 Å². The highest BCUT2D eigenvalue weighted by molar-refractivity contribution is 8.13. The number of nitrogens with zero attached hydrogens (tertiary/aromatic N) is 1. The Balaban J connectivity index is 2.15. The molecule has 19 heavy (non-hydrogen) atoms. The molecule has 2 atom stereocenters. The number of aryl methyl sites for hydroxylation is 1. The Morgan fingerprint density at radius 1 is 1.58 bits per heavy atom. The van der Waals surface area contributed by atoms with E-state index in [2.05, 4.69) is 6.92 Å². The third-order valence-corrected chi connectivity index (χ3v) is 6.09. The highest BCUT2D eigenvalue weighted by Gasteiger charge is 2.34. The molecule has 0 aliphatic heterocycles. The maximum atomic E-state index is 12.2. The summed E-state index contributed by atoms with van der Waals surface area (Å²) in [6, 6.07) is 1.37. The first kappa shape index (κ1) is 14.8. The lowest BCUT2D eigenvalue weighted by Gasteiger charge is -2.15. The highest BCUT2D eigenvalue weighted by atomic mass is 35.7. The number of halogens is 1. The molecule has 0 saturated heterocycles. The van der Waals surface area contributed by atoms with Gasteiger partial charge in [0.1, 0.15) is 0 Å². The molecule has 4 nitrogen and oxygen atoms in total. The Labute approximate surface area is 121 Å². The van der Waals surface area contributed by atoms with Crippen LogP contribution in [0.5, 0.6) is 0 Å². The fourth-order valence-corrected chi connectivity index (χ4v) is 4.75. The van der Waals surface area contributed by atoms with Gasteiger partial charge in [0.15, 0.2) is 0 Å². The van der Waals surface area contributed by atoms with Crippen LogP contribution in [-0.2, 0) is 9.05 Å². The number of carbonyl (C=O) groups excluding carboxylic acids is 1. The lowest BCUT2D eigenvalue weighted by Crippen LogP contribution is -2.28. The molecular weight excluding hydrogens is 306 g/mol. The van der Waals surface area contributed by atoms with Crippen molar-refractivity contribution in [1.29, 1.82) is 0 Å². The molecule has 106 valence electrons. The molecular formula is C12H16ClNO3S2. The SMILES string of the molecule is Cc1sc(C(=O)N(C)CC2CC2C)cc1S(=O)(=O)Cl. The van der Waals surface area contributed by atoms with Crippen LogP contribution in [0.3, 0.4) is 0 Å². The average molecular weight is 322 g/mol. The number of hydrogen-bond donors (Lipinski definition) is 0. The summed E-state index contributed by atoms with van der Waals surface area (Å²) < 4.78 is 22.7. The molecule has 1 amide bonds. The lowest BCUT2D eigenvalue weighted by molar-refractivity contribution is 0.0791. The Morgan fingerprint density at radius 2 is 2.16 bits per heavy atom. The van der Waals surface area contributed by atoms with Crippen LogP contribution in [-0.4, -0.2) is 32.8 Å². The lowest BCUT2D eigenvalue weighted by atomic mass is 10.3. The molecule has 1 aliphatic carbocycles. The van der Waals surface area contributed by atoms with Crippen molar-refractivity contribution < 1.29 is 13.2 Å². The molecule has 0 bridgehead atoms. The van der Waals surface area contributed by atoms with Crippen molar-refractivity contribution in [2.45, 2.75) is 25.2 Å². The summed E-state index contributed by atoms with van der Waals surface area (Å²) >= 11 is 1.17. The molecule has 1 heterocycles. The van der Waals surface area contributed by atoms with Gasteiger partial charge in [0.2, 0.25) is 0 Å². The van der Waals surface area contributed by atoms with Gasteiger partial charge in [0.05, 0.1) is 9.77 Å². The highest BCUT2D eigenvalue weighted by Crippen LogP contribution is 2.38. The predicted molar refractivity (Wildman–Crippen MR) is 76.3 cm³/mol. The summed E-state index contributed by atoms with van der Waals surface area (Å²) in [6.45, 7) is 4.54. The van der Waals surface area contributed by atoms with Crippen molar-refractivity contribution in [3.63, 3.8) is 0 Å². The molecule has 7 heteroatoms. The largest absolute Gasteiger partial charge is 0.341 e. The minimum atomic E-state index is -3.78. The number of thiophene rings is 1. The zero-order valence-electron chi connectivity index (χ0n) is 11.0. The first-order chi connectivity index (χ1) is 8.70. The molecule has 0 aromatic carbocycles. The molecule has 1 saturated carbocycles. The molecule has 0 radical (unpaired) electrons. The van der Waals surface area contributed by atoms with Gasteiger partial charge in [-0.2, -0.15) is 0 Å². The summed E-state index contributed by atoms with van der Waals surface area (Å²) in [5.74, 6) is 1.11. The number of amides is 1. The van der Waals surface area contributed by atoms with Crippen molar-refractivity contribution in [2.24, 2.45) is 11.8 Å². The Bertz CT molecular complexity index is 608. The number of carbonyl (C=O) groups is 1. The number of rotatable bonds is 4. The van der Waals surface area contributed by atoms with Crippen LogP contribution in [0, 0.1) is 18.8 Å². The molecule has 0 spiro atoms. The Hall–Kier alpha value is -0.590. The standard InChI is InChI=1S/C12H16ClNO3S2/c1-7-4-9(7)6-14(3)12(15)10-5-11(8(2)18-10)19(13,16)17/h5,7,9H,4,6H2,1-3H3. The van der Waals surface area contributed by atoms with E-state index in [-0.39, 0.29) is 10.8 Å². The average Bonchev–Trinajstić information content (AvgIpc) is 2.81. The van der Waals surface area contributed by atoms with E-state index in [0.29, 0.717) is 21.6 Å². The van der Waals surface area contributed by atoms with Gasteiger partial charge in [-0.1, -0.05) is 6.92 Å². The van der Waals surface area contributed by atoms with Crippen molar-refractivity contribution >= 4 is 37.0 Å². The third kappa shape index (κ3) is 3.30. The van der Waals surface area contributed by atoms with Gasteiger partial charge in [-0.3, -0.25) is 4.79 Å². The van der Waals surface area contributed by atoms with Crippen LogP contribution in [0.2, 0.25) is 0 Å². The number of hydrogen-bond acceptors (Lipinski definition) is 4. The topological polar surface area (TPSA) is 54.5 Å². The molecule has 2 unspecified atom stereocenters. The summed E-state index contributed by atoms with van der Waals surface area (Å²) in [6.07, 6.45) is 1.16. The van der Waals surface area contributed by atoms with Crippen molar-refractivity contribution in [3.05, 3.63) is 15.8 Å². The van der Waals surface area contributed by atoms with Crippen LogP contribution in [0.4, 0.5) is 0 Å². The minimum absolute atomic E-state index is 0.0377. The van der Waals surface area contributed by atoms with Gasteiger partial charge in [0.25, 0.3) is 15.0 Å². The van der Waals surface area contributed by atoms with E-state index >= 15 is 0 Å². The normalized spacial score (nSPS) is 22.3. The molecule has 1 fully saturated rings. The van der Waals surface area contributed by atoms with Crippen molar-refractivity contribution in [3.8, 4) is 0 Å². The fraction of sp³-hybridized carbons (Fsp3) is 0.583. The first-order valence-corrected chi connectivity index (χ1v) is 9.13. The van der Waals surface area contributed by atoms with Gasteiger partial charge in [-0.05, 0) is 31.2 Å². The van der Waals surface area contributed by atoms with Gasteiger partial charge in [-0.15, -0.1) is 11.3 Å². The van der Waals surface area contributed by atoms with E-state index in [4.69, 9.17) is 10.7 Å². The first-order valence-electron chi connectivity index (χ1n) is 6.00. The molecule has 1 aliphatic rings. The molecule has 1 aromatic rings. The summed E-state index contributed by atoms with van der Waals surface area (Å²) in [4.78, 5) is 14.9. The second kappa shape index (κ2) is 5.07. The van der Waals surface area contributed by atoms with E-state index < -0.39 is 9.05 Å². The summed E-state index contributed by atoms with van der Waals surface area (Å²) in [7, 11) is 3.30. The second-order valence-electron chi connectivity index (χ2n) is 5.13. The van der Waals surface area contributed by atoms with Crippen LogP contribution >= 0.6 is 22.0 Å². The van der Waals surface area contributed by atoms with E-state index in [0.717, 1.165) is 13.0 Å². The summed E-state index contributed by atoms with van der Waals surface area (Å²) in [5.41, 5.74) is 0. The van der Waals surface area contributed by atoms with Crippen LogP contribution in [0.15, 0.2) is 11.0 Å². The summed E-state index contributed by atoms with van der Waals surface area (Å²) in [5, 5.41) is 0. The molecule has 2 rings (SSSR count). The monoisotopic (exact) mass is 321 g/mol. The van der Waals surface area contributed by atoms with Crippen molar-refractivity contribution in [2.75, 3.05) is 13.6 Å². The quantitative estimate of drug-likeness (QED) is 0.801. The maximum Gasteiger partial charge on any atom is 0.263 e. The van der Waals surface area contributed by atoms with Gasteiger partial charge in [0, 0.05) is 29.2 Å². The maximum absolute atomic E-state index is 12.2. The van der Waals surface area contributed by atoms with Crippen LogP contribution in [0.1, 0.15) is 27.9 Å². The zero-order chi connectivity index (χ0) is 14.4. The smallest absolute Gasteiger partial charge is 0.263 e. The molecule has 1 aromatic heterocycles. The molecule has 0 N–H and O–H groups in total. The van der Waals surface area contributed by atoms with E-state index in [1.165, 1.54) is 17.4 Å². The Kier molecular flexibility index (Phi) is 3.95. The minimum Gasteiger partial charge on any atom is -0.341 e. The van der Waals surface area contributed by atoms with E-state index in [9.17, 15) is 13.2 Å². The van der Waals surface area contributed by atoms with E-state index in [1.54, 1.807) is 18.9 Å². The van der Waals surface area contributed by atoms with Crippen LogP contribution in [0.25, 0.3) is 0 Å². The van der Waals surface area contributed by atoms with Gasteiger partial charge < -0.3 is 4.90 Å². The van der Waals surface area contributed by atoms with E-state index in [1.807, 2.05) is 0 Å². The third-order valence-electron chi connectivity index (χ3n) is 3.48. The van der Waals surface area contributed by atoms with Gasteiger partial charge >= 0.3 is 0 Å². The zero-order valence-corrected chi connectivity index (χ0v) is 13.4.